The number of nitrogens with one attached hydrogen (secondary N) is 2. The Morgan fingerprint density at radius 2 is 2.21 bits per heavy atom. The lowest BCUT2D eigenvalue weighted by atomic mass is 10.1. The van der Waals surface area contributed by atoms with Crippen molar-refractivity contribution in [2.24, 2.45) is 4.99 Å². The van der Waals surface area contributed by atoms with Crippen LogP contribution >= 0.6 is 0 Å². The van der Waals surface area contributed by atoms with Crippen LogP contribution in [0.15, 0.2) is 29.3 Å². The smallest absolute Gasteiger partial charge is 0.249 e. The van der Waals surface area contributed by atoms with Gasteiger partial charge in [-0.3, -0.25) is 14.9 Å². The molecule has 1 saturated heterocycles. The van der Waals surface area contributed by atoms with E-state index in [1.165, 1.54) is 0 Å². The van der Waals surface area contributed by atoms with Gasteiger partial charge in [0.1, 0.15) is 11.8 Å². The van der Waals surface area contributed by atoms with Crippen LogP contribution in [0.4, 0.5) is 5.69 Å². The molecule has 1 fully saturated rings. The maximum Gasteiger partial charge on any atom is 0.249 e. The summed E-state index contributed by atoms with van der Waals surface area (Å²) in [7, 11) is 1.56. The second-order valence-electron chi connectivity index (χ2n) is 5.54. The van der Waals surface area contributed by atoms with Crippen LogP contribution in [0.1, 0.15) is 6.42 Å². The average molecular weight is 332 g/mol. The van der Waals surface area contributed by atoms with Crippen molar-refractivity contribution in [2.75, 3.05) is 38.7 Å². The summed E-state index contributed by atoms with van der Waals surface area (Å²) in [6.45, 7) is 2.44. The van der Waals surface area contributed by atoms with Gasteiger partial charge in [-0.15, -0.1) is 0 Å². The van der Waals surface area contributed by atoms with Gasteiger partial charge < -0.3 is 19.7 Å². The molecule has 128 valence electrons. The standard InChI is InChI=1S/C16H20N4O4/c1-23-12-4-2-3-11(9-12)17-15(22)13-10-14(21)19-16(18-13)20-5-7-24-8-6-20/h2-4,9,13H,5-8,10H2,1H3,(H,17,22)(H,18,19,21)/t13-/m1/s1. The maximum atomic E-state index is 12.5. The van der Waals surface area contributed by atoms with E-state index in [0.29, 0.717) is 43.7 Å². The Labute approximate surface area is 139 Å². The summed E-state index contributed by atoms with van der Waals surface area (Å²) in [6, 6.07) is 6.30. The molecule has 1 aromatic carbocycles. The summed E-state index contributed by atoms with van der Waals surface area (Å²) in [5, 5.41) is 5.52. The third-order valence-corrected chi connectivity index (χ3v) is 3.86. The summed E-state index contributed by atoms with van der Waals surface area (Å²) in [4.78, 5) is 30.7. The van der Waals surface area contributed by atoms with Crippen LogP contribution in [0.3, 0.4) is 0 Å². The quantitative estimate of drug-likeness (QED) is 0.825. The number of nitrogens with zero attached hydrogens (tertiary/aromatic N) is 2. The second kappa shape index (κ2) is 7.31. The number of amides is 2. The first-order valence-electron chi connectivity index (χ1n) is 7.81. The zero-order valence-corrected chi connectivity index (χ0v) is 13.4. The molecule has 8 nitrogen and oxygen atoms in total. The van der Waals surface area contributed by atoms with Gasteiger partial charge in [-0.05, 0) is 12.1 Å². The van der Waals surface area contributed by atoms with Gasteiger partial charge in [0.05, 0.1) is 26.7 Å². The van der Waals surface area contributed by atoms with Crippen molar-refractivity contribution in [3.63, 3.8) is 0 Å². The molecular formula is C16H20N4O4. The Kier molecular flexibility index (Phi) is 4.95. The lowest BCUT2D eigenvalue weighted by Crippen LogP contribution is -2.53. The second-order valence-corrected chi connectivity index (χ2v) is 5.54. The topological polar surface area (TPSA) is 92.3 Å². The van der Waals surface area contributed by atoms with Crippen LogP contribution in [0.2, 0.25) is 0 Å². The number of hydrogen-bond donors (Lipinski definition) is 2. The van der Waals surface area contributed by atoms with E-state index in [-0.39, 0.29) is 18.2 Å². The number of rotatable bonds is 3. The van der Waals surface area contributed by atoms with E-state index >= 15 is 0 Å². The number of hydrogen-bond acceptors (Lipinski definition) is 6. The number of aliphatic imine (C=N–C) groups is 1. The van der Waals surface area contributed by atoms with Crippen LogP contribution < -0.4 is 15.4 Å². The van der Waals surface area contributed by atoms with E-state index in [1.807, 2.05) is 4.90 Å². The van der Waals surface area contributed by atoms with E-state index in [4.69, 9.17) is 9.47 Å². The number of morpholine rings is 1. The van der Waals surface area contributed by atoms with Gasteiger partial charge >= 0.3 is 0 Å². The molecule has 3 rings (SSSR count). The number of carbonyl (C=O) groups is 2. The molecular weight excluding hydrogens is 312 g/mol. The van der Waals surface area contributed by atoms with E-state index in [9.17, 15) is 9.59 Å². The van der Waals surface area contributed by atoms with Crippen LogP contribution in [-0.4, -0.2) is 62.1 Å². The highest BCUT2D eigenvalue weighted by Crippen LogP contribution is 2.18. The minimum atomic E-state index is -0.747. The highest BCUT2D eigenvalue weighted by molar-refractivity contribution is 6.06. The zero-order valence-electron chi connectivity index (χ0n) is 13.4. The largest absolute Gasteiger partial charge is 0.497 e. The van der Waals surface area contributed by atoms with Crippen molar-refractivity contribution in [3.05, 3.63) is 24.3 Å². The number of ether oxygens (including phenoxy) is 2. The molecule has 0 unspecified atom stereocenters. The fraction of sp³-hybridized carbons (Fsp3) is 0.438. The molecule has 24 heavy (non-hydrogen) atoms. The average Bonchev–Trinajstić information content (AvgIpc) is 2.62. The number of carbonyl (C=O) groups excluding carboxylic acids is 2. The first-order chi connectivity index (χ1) is 11.7. The van der Waals surface area contributed by atoms with Crippen LogP contribution in [0.25, 0.3) is 0 Å². The van der Waals surface area contributed by atoms with Gasteiger partial charge in [-0.25, -0.2) is 4.99 Å². The number of methoxy groups -OCH3 is 1. The Bertz CT molecular complexity index is 655. The van der Waals surface area contributed by atoms with E-state index in [1.54, 1.807) is 31.4 Å². The fourth-order valence-electron chi connectivity index (χ4n) is 2.59. The molecule has 2 N–H and O–H groups in total. The molecule has 2 aliphatic heterocycles. The molecule has 0 bridgehead atoms. The van der Waals surface area contributed by atoms with E-state index in [0.717, 1.165) is 0 Å². The fourth-order valence-corrected chi connectivity index (χ4v) is 2.59. The molecule has 1 aromatic rings. The van der Waals surface area contributed by atoms with Crippen molar-refractivity contribution >= 4 is 23.5 Å². The van der Waals surface area contributed by atoms with Crippen LogP contribution in [0.5, 0.6) is 5.75 Å². The van der Waals surface area contributed by atoms with Crippen molar-refractivity contribution in [1.82, 2.24) is 10.2 Å². The maximum absolute atomic E-state index is 12.5. The first kappa shape index (κ1) is 16.3. The van der Waals surface area contributed by atoms with Gasteiger partial charge in [0.25, 0.3) is 0 Å². The minimum Gasteiger partial charge on any atom is -0.497 e. The zero-order chi connectivity index (χ0) is 16.9. The van der Waals surface area contributed by atoms with E-state index < -0.39 is 6.04 Å². The molecule has 0 saturated carbocycles. The van der Waals surface area contributed by atoms with Crippen LogP contribution in [-0.2, 0) is 14.3 Å². The highest BCUT2D eigenvalue weighted by Gasteiger charge is 2.29. The summed E-state index contributed by atoms with van der Waals surface area (Å²) in [5.41, 5.74) is 0.605. The normalized spacial score (nSPS) is 20.9. The number of benzene rings is 1. The number of anilines is 1. The van der Waals surface area contributed by atoms with Crippen molar-refractivity contribution in [3.8, 4) is 5.75 Å². The van der Waals surface area contributed by atoms with Gasteiger partial charge in [0.15, 0.2) is 0 Å². The molecule has 0 spiro atoms. The Morgan fingerprint density at radius 1 is 1.42 bits per heavy atom. The first-order valence-corrected chi connectivity index (χ1v) is 7.81. The van der Waals surface area contributed by atoms with Gasteiger partial charge in [0, 0.05) is 24.8 Å². The summed E-state index contributed by atoms with van der Waals surface area (Å²) >= 11 is 0. The lowest BCUT2D eigenvalue weighted by molar-refractivity contribution is -0.125. The molecule has 0 aliphatic carbocycles. The highest BCUT2D eigenvalue weighted by atomic mass is 16.5. The predicted molar refractivity (Wildman–Crippen MR) is 88.0 cm³/mol. The third kappa shape index (κ3) is 3.83. The van der Waals surface area contributed by atoms with Gasteiger partial charge in [-0.2, -0.15) is 0 Å². The van der Waals surface area contributed by atoms with Gasteiger partial charge in [-0.1, -0.05) is 6.07 Å². The van der Waals surface area contributed by atoms with Crippen molar-refractivity contribution in [1.29, 1.82) is 0 Å². The molecule has 0 radical (unpaired) electrons. The summed E-state index contributed by atoms with van der Waals surface area (Å²) in [5.74, 6) is 0.563. The Balaban J connectivity index is 1.71. The molecule has 2 heterocycles. The molecule has 0 aromatic heterocycles. The lowest BCUT2D eigenvalue weighted by Gasteiger charge is -2.32. The predicted octanol–water partition coefficient (Wildman–Crippen LogP) is 0.210. The van der Waals surface area contributed by atoms with Crippen molar-refractivity contribution in [2.45, 2.75) is 12.5 Å². The monoisotopic (exact) mass is 332 g/mol. The van der Waals surface area contributed by atoms with Crippen molar-refractivity contribution < 1.29 is 19.1 Å². The molecule has 8 heteroatoms. The molecule has 2 amide bonds. The van der Waals surface area contributed by atoms with Gasteiger partial charge in [0.2, 0.25) is 17.8 Å². The van der Waals surface area contributed by atoms with E-state index in [2.05, 4.69) is 15.6 Å². The summed E-state index contributed by atoms with van der Waals surface area (Å²) < 4.78 is 10.4. The number of guanidine groups is 1. The Morgan fingerprint density at radius 3 is 2.96 bits per heavy atom. The molecule has 2 aliphatic rings. The third-order valence-electron chi connectivity index (χ3n) is 3.86. The summed E-state index contributed by atoms with van der Waals surface area (Å²) in [6.07, 6.45) is 0.0314. The van der Waals surface area contributed by atoms with Crippen LogP contribution in [0, 0.1) is 0 Å². The minimum absolute atomic E-state index is 0.0314. The SMILES string of the molecule is COc1cccc(NC(=O)[C@H]2CC(=O)NC(N3CCOCC3)=N2)c1. The Hall–Kier alpha value is -2.61. The molecule has 1 atom stereocenters.